The van der Waals surface area contributed by atoms with Gasteiger partial charge in [-0.1, -0.05) is 0 Å². The Kier molecular flexibility index (Phi) is 3.58. The summed E-state index contributed by atoms with van der Waals surface area (Å²) in [4.78, 5) is 2.24. The van der Waals surface area contributed by atoms with Gasteiger partial charge in [0.15, 0.2) is 5.76 Å². The molecule has 1 aliphatic rings. The van der Waals surface area contributed by atoms with E-state index in [2.05, 4.69) is 15.1 Å². The lowest BCUT2D eigenvalue weighted by Crippen LogP contribution is -2.28. The third-order valence-corrected chi connectivity index (χ3v) is 3.71. The van der Waals surface area contributed by atoms with Crippen molar-refractivity contribution in [2.24, 2.45) is 0 Å². The van der Waals surface area contributed by atoms with Crippen molar-refractivity contribution in [1.29, 1.82) is 0 Å². The molecule has 1 saturated heterocycles. The van der Waals surface area contributed by atoms with E-state index in [1.165, 1.54) is 0 Å². The molecule has 0 radical (unpaired) electrons. The molecule has 1 unspecified atom stereocenters. The van der Waals surface area contributed by atoms with Crippen LogP contribution < -0.4 is 0 Å². The maximum atomic E-state index is 10.1. The van der Waals surface area contributed by atoms with Crippen LogP contribution in [0.15, 0.2) is 27.2 Å². The zero-order valence-corrected chi connectivity index (χ0v) is 11.6. The summed E-state index contributed by atoms with van der Waals surface area (Å²) in [5.74, 6) is 1.58. The Labute approximate surface area is 117 Å². The largest absolute Gasteiger partial charge is 0.459 e. The van der Waals surface area contributed by atoms with Gasteiger partial charge in [0.1, 0.15) is 0 Å². The summed E-state index contributed by atoms with van der Waals surface area (Å²) in [6.45, 7) is 4.29. The number of nitrogens with zero attached hydrogens (tertiary/aromatic N) is 3. The van der Waals surface area contributed by atoms with Crippen LogP contribution in [0.5, 0.6) is 0 Å². The molecule has 2 aromatic heterocycles. The van der Waals surface area contributed by atoms with E-state index in [0.29, 0.717) is 24.1 Å². The minimum Gasteiger partial charge on any atom is -0.459 e. The average molecular weight is 277 g/mol. The third kappa shape index (κ3) is 3.08. The average Bonchev–Trinajstić information content (AvgIpc) is 3.03. The molecule has 3 rings (SSSR count). The third-order valence-electron chi connectivity index (χ3n) is 3.71. The Hall–Kier alpha value is -1.66. The lowest BCUT2D eigenvalue weighted by molar-refractivity contribution is 0.0441. The molecule has 1 N–H and O–H groups in total. The Morgan fingerprint density at radius 3 is 3.05 bits per heavy atom. The Morgan fingerprint density at radius 2 is 2.25 bits per heavy atom. The number of likely N-dealkylation sites (tertiary alicyclic amines) is 1. The maximum Gasteiger partial charge on any atom is 0.283 e. The van der Waals surface area contributed by atoms with Gasteiger partial charge in [0.05, 0.1) is 18.4 Å². The lowest BCUT2D eigenvalue weighted by Gasteiger charge is -2.21. The van der Waals surface area contributed by atoms with Crippen molar-refractivity contribution < 1.29 is 13.9 Å². The van der Waals surface area contributed by atoms with Crippen LogP contribution in [-0.2, 0) is 6.54 Å². The standard InChI is InChI=1S/C14H19N3O3/c1-14(18)5-3-7-17(8-6-14)10-12-15-16-13(20-12)11-4-2-9-19-11/h2,4,9,18H,3,5-8,10H2,1H3. The van der Waals surface area contributed by atoms with Crippen molar-refractivity contribution in [1.82, 2.24) is 15.1 Å². The van der Waals surface area contributed by atoms with E-state index >= 15 is 0 Å². The quantitative estimate of drug-likeness (QED) is 0.925. The van der Waals surface area contributed by atoms with Gasteiger partial charge in [-0.25, -0.2) is 0 Å². The van der Waals surface area contributed by atoms with Crippen LogP contribution in [0.1, 0.15) is 32.1 Å². The van der Waals surface area contributed by atoms with Crippen molar-refractivity contribution in [3.63, 3.8) is 0 Å². The van der Waals surface area contributed by atoms with E-state index in [-0.39, 0.29) is 0 Å². The summed E-state index contributed by atoms with van der Waals surface area (Å²) in [6.07, 6.45) is 4.17. The van der Waals surface area contributed by atoms with Gasteiger partial charge < -0.3 is 13.9 Å². The summed E-state index contributed by atoms with van der Waals surface area (Å²) in [7, 11) is 0. The van der Waals surface area contributed by atoms with Crippen molar-refractivity contribution in [3.8, 4) is 11.7 Å². The molecule has 0 spiro atoms. The highest BCUT2D eigenvalue weighted by Gasteiger charge is 2.25. The van der Waals surface area contributed by atoms with Crippen LogP contribution in [0.2, 0.25) is 0 Å². The minimum atomic E-state index is -0.553. The van der Waals surface area contributed by atoms with Crippen molar-refractivity contribution >= 4 is 0 Å². The predicted octanol–water partition coefficient (Wildman–Crippen LogP) is 2.07. The van der Waals surface area contributed by atoms with E-state index < -0.39 is 5.60 Å². The van der Waals surface area contributed by atoms with E-state index in [1.54, 1.807) is 18.4 Å². The molecule has 1 atom stereocenters. The fraction of sp³-hybridized carbons (Fsp3) is 0.571. The zero-order chi connectivity index (χ0) is 14.0. The van der Waals surface area contributed by atoms with Crippen LogP contribution in [0.3, 0.4) is 0 Å². The Bertz CT molecular complexity index is 548. The first-order chi connectivity index (χ1) is 9.62. The fourth-order valence-corrected chi connectivity index (χ4v) is 2.49. The molecule has 1 fully saturated rings. The first kappa shape index (κ1) is 13.3. The van der Waals surface area contributed by atoms with Gasteiger partial charge in [0, 0.05) is 6.54 Å². The smallest absolute Gasteiger partial charge is 0.283 e. The van der Waals surface area contributed by atoms with Crippen LogP contribution in [0, 0.1) is 0 Å². The molecular weight excluding hydrogens is 258 g/mol. The van der Waals surface area contributed by atoms with Crippen molar-refractivity contribution in [3.05, 3.63) is 24.3 Å². The highest BCUT2D eigenvalue weighted by atomic mass is 16.4. The zero-order valence-electron chi connectivity index (χ0n) is 11.6. The topological polar surface area (TPSA) is 75.5 Å². The second-order valence-corrected chi connectivity index (χ2v) is 5.60. The summed E-state index contributed by atoms with van der Waals surface area (Å²) in [5, 5.41) is 18.1. The molecule has 108 valence electrons. The molecule has 1 aliphatic heterocycles. The summed E-state index contributed by atoms with van der Waals surface area (Å²) >= 11 is 0. The SMILES string of the molecule is CC1(O)CCCN(Cc2nnc(-c3ccco3)o2)CC1. The Morgan fingerprint density at radius 1 is 1.35 bits per heavy atom. The second-order valence-electron chi connectivity index (χ2n) is 5.60. The molecule has 2 aromatic rings. The molecule has 0 aromatic carbocycles. The Balaban J connectivity index is 1.63. The normalized spacial score (nSPS) is 24.7. The van der Waals surface area contributed by atoms with Gasteiger partial charge >= 0.3 is 0 Å². The molecule has 0 aliphatic carbocycles. The van der Waals surface area contributed by atoms with Crippen LogP contribution in [-0.4, -0.2) is 38.9 Å². The molecule has 6 nitrogen and oxygen atoms in total. The van der Waals surface area contributed by atoms with E-state index in [4.69, 9.17) is 8.83 Å². The monoisotopic (exact) mass is 277 g/mol. The van der Waals surface area contributed by atoms with Gasteiger partial charge in [-0.15, -0.1) is 10.2 Å². The van der Waals surface area contributed by atoms with Gasteiger partial charge in [-0.2, -0.15) is 0 Å². The van der Waals surface area contributed by atoms with Crippen molar-refractivity contribution in [2.45, 2.75) is 38.3 Å². The first-order valence-corrected chi connectivity index (χ1v) is 6.93. The van der Waals surface area contributed by atoms with Crippen molar-refractivity contribution in [2.75, 3.05) is 13.1 Å². The van der Waals surface area contributed by atoms with Gasteiger partial charge in [-0.3, -0.25) is 4.90 Å². The number of aliphatic hydroxyl groups is 1. The first-order valence-electron chi connectivity index (χ1n) is 6.93. The predicted molar refractivity (Wildman–Crippen MR) is 71.8 cm³/mol. The van der Waals surface area contributed by atoms with Crippen LogP contribution >= 0.6 is 0 Å². The molecule has 0 amide bonds. The van der Waals surface area contributed by atoms with E-state index in [0.717, 1.165) is 32.4 Å². The number of aromatic nitrogens is 2. The summed E-state index contributed by atoms with van der Waals surface area (Å²) in [6, 6.07) is 3.58. The van der Waals surface area contributed by atoms with Gasteiger partial charge in [-0.05, 0) is 44.9 Å². The highest BCUT2D eigenvalue weighted by Crippen LogP contribution is 2.23. The number of hydrogen-bond donors (Lipinski definition) is 1. The number of hydrogen-bond acceptors (Lipinski definition) is 6. The van der Waals surface area contributed by atoms with Gasteiger partial charge in [0.2, 0.25) is 5.89 Å². The second kappa shape index (κ2) is 5.38. The fourth-order valence-electron chi connectivity index (χ4n) is 2.49. The number of rotatable bonds is 3. The minimum absolute atomic E-state index is 0.409. The van der Waals surface area contributed by atoms with E-state index in [1.807, 2.05) is 6.92 Å². The summed E-state index contributed by atoms with van der Waals surface area (Å²) in [5.41, 5.74) is -0.553. The maximum absolute atomic E-state index is 10.1. The summed E-state index contributed by atoms with van der Waals surface area (Å²) < 4.78 is 10.8. The highest BCUT2D eigenvalue weighted by molar-refractivity contribution is 5.42. The molecular formula is C14H19N3O3. The number of furan rings is 1. The molecule has 0 saturated carbocycles. The molecule has 6 heteroatoms. The molecule has 20 heavy (non-hydrogen) atoms. The van der Waals surface area contributed by atoms with Gasteiger partial charge in [0.25, 0.3) is 5.89 Å². The van der Waals surface area contributed by atoms with Crippen LogP contribution in [0.4, 0.5) is 0 Å². The van der Waals surface area contributed by atoms with E-state index in [9.17, 15) is 5.11 Å². The van der Waals surface area contributed by atoms with Crippen LogP contribution in [0.25, 0.3) is 11.7 Å². The molecule has 3 heterocycles. The lowest BCUT2D eigenvalue weighted by atomic mass is 9.98. The molecule has 0 bridgehead atoms.